The van der Waals surface area contributed by atoms with Crippen LogP contribution in [0, 0.1) is 0 Å². The summed E-state index contributed by atoms with van der Waals surface area (Å²) in [4.78, 5) is 5.43. The molecule has 0 saturated carbocycles. The summed E-state index contributed by atoms with van der Waals surface area (Å²) >= 11 is 1.64. The molecule has 0 aromatic carbocycles. The average Bonchev–Trinajstić information content (AvgIpc) is 2.50. The fourth-order valence-electron chi connectivity index (χ4n) is 0.970. The summed E-state index contributed by atoms with van der Waals surface area (Å²) in [5, 5.41) is 0.984. The zero-order valence-corrected chi connectivity index (χ0v) is 9.91. The fourth-order valence-corrected chi connectivity index (χ4v) is 2.31. The third-order valence-corrected chi connectivity index (χ3v) is 3.58. The van der Waals surface area contributed by atoms with Gasteiger partial charge in [0.05, 0.1) is 11.3 Å². The molecule has 4 nitrogen and oxygen atoms in total. The van der Waals surface area contributed by atoms with E-state index in [4.69, 9.17) is 0 Å². The van der Waals surface area contributed by atoms with Gasteiger partial charge in [-0.15, -0.1) is 11.3 Å². The van der Waals surface area contributed by atoms with Gasteiger partial charge in [0.25, 0.3) is 0 Å². The molecule has 0 aliphatic carbocycles. The first kappa shape index (κ1) is 11.6. The second kappa shape index (κ2) is 4.86. The van der Waals surface area contributed by atoms with Gasteiger partial charge in [-0.2, -0.15) is 0 Å². The standard InChI is InChI=1S/C8H14N2O2S2/c1-3-7-6-9-8(13-7)4-5-10-14(2,11)12/h6,10H,3-5H2,1-2H3. The zero-order valence-electron chi connectivity index (χ0n) is 8.28. The van der Waals surface area contributed by atoms with Gasteiger partial charge >= 0.3 is 0 Å². The Morgan fingerprint density at radius 3 is 2.79 bits per heavy atom. The molecule has 0 amide bonds. The maximum atomic E-state index is 10.8. The predicted molar refractivity (Wildman–Crippen MR) is 58.0 cm³/mol. The van der Waals surface area contributed by atoms with Gasteiger partial charge in [0.1, 0.15) is 0 Å². The number of aromatic nitrogens is 1. The Hall–Kier alpha value is -0.460. The molecule has 1 aromatic rings. The molecule has 0 aliphatic heterocycles. The van der Waals surface area contributed by atoms with E-state index in [0.29, 0.717) is 13.0 Å². The second-order valence-electron chi connectivity index (χ2n) is 2.99. The maximum Gasteiger partial charge on any atom is 0.208 e. The predicted octanol–water partition coefficient (Wildman–Crippen LogP) is 0.797. The van der Waals surface area contributed by atoms with Gasteiger partial charge in [-0.1, -0.05) is 6.92 Å². The first-order valence-electron chi connectivity index (χ1n) is 4.39. The van der Waals surface area contributed by atoms with Crippen LogP contribution in [-0.2, 0) is 22.9 Å². The third kappa shape index (κ3) is 4.17. The number of thiazole rings is 1. The molecule has 14 heavy (non-hydrogen) atoms. The van der Waals surface area contributed by atoms with Crippen LogP contribution in [0.4, 0.5) is 0 Å². The van der Waals surface area contributed by atoms with Crippen LogP contribution in [0.3, 0.4) is 0 Å². The van der Waals surface area contributed by atoms with Crippen molar-refractivity contribution in [3.05, 3.63) is 16.1 Å². The Bertz CT molecular complexity index is 384. The highest BCUT2D eigenvalue weighted by Gasteiger charge is 2.03. The van der Waals surface area contributed by atoms with Crippen LogP contribution in [0.1, 0.15) is 16.8 Å². The number of nitrogens with zero attached hydrogens (tertiary/aromatic N) is 1. The lowest BCUT2D eigenvalue weighted by atomic mass is 10.4. The van der Waals surface area contributed by atoms with Crippen LogP contribution < -0.4 is 4.72 Å². The monoisotopic (exact) mass is 234 g/mol. The van der Waals surface area contributed by atoms with Crippen LogP contribution in [0.25, 0.3) is 0 Å². The van der Waals surface area contributed by atoms with Crippen LogP contribution >= 0.6 is 11.3 Å². The van der Waals surface area contributed by atoms with Crippen molar-refractivity contribution < 1.29 is 8.42 Å². The van der Waals surface area contributed by atoms with Gasteiger partial charge in [-0.25, -0.2) is 18.1 Å². The van der Waals surface area contributed by atoms with E-state index in [1.54, 1.807) is 11.3 Å². The SMILES string of the molecule is CCc1cnc(CCNS(C)(=O)=O)s1. The number of aryl methyl sites for hydroxylation is 1. The lowest BCUT2D eigenvalue weighted by Crippen LogP contribution is -2.24. The van der Waals surface area contributed by atoms with E-state index in [1.165, 1.54) is 4.88 Å². The van der Waals surface area contributed by atoms with Crippen molar-refractivity contribution >= 4 is 21.4 Å². The fraction of sp³-hybridized carbons (Fsp3) is 0.625. The molecule has 0 atom stereocenters. The Labute approximate surface area is 88.4 Å². The lowest BCUT2D eigenvalue weighted by Gasteiger charge is -1.98. The zero-order chi connectivity index (χ0) is 10.6. The van der Waals surface area contributed by atoms with E-state index in [0.717, 1.165) is 17.7 Å². The number of hydrogen-bond acceptors (Lipinski definition) is 4. The van der Waals surface area contributed by atoms with Crippen LogP contribution in [0.15, 0.2) is 6.20 Å². The molecule has 0 fully saturated rings. The number of rotatable bonds is 5. The Kier molecular flexibility index (Phi) is 4.03. The largest absolute Gasteiger partial charge is 0.249 e. The van der Waals surface area contributed by atoms with Crippen molar-refractivity contribution in [1.29, 1.82) is 0 Å². The van der Waals surface area contributed by atoms with Gasteiger partial charge < -0.3 is 0 Å². The van der Waals surface area contributed by atoms with Crippen LogP contribution in [0.5, 0.6) is 0 Å². The first-order valence-corrected chi connectivity index (χ1v) is 7.10. The minimum atomic E-state index is -3.07. The molecule has 80 valence electrons. The van der Waals surface area contributed by atoms with E-state index in [2.05, 4.69) is 16.6 Å². The van der Waals surface area contributed by atoms with Crippen molar-refractivity contribution in [2.45, 2.75) is 19.8 Å². The van der Waals surface area contributed by atoms with Crippen LogP contribution in [0.2, 0.25) is 0 Å². The highest BCUT2D eigenvalue weighted by molar-refractivity contribution is 7.88. The van der Waals surface area contributed by atoms with E-state index in [-0.39, 0.29) is 0 Å². The molecule has 0 spiro atoms. The van der Waals surface area contributed by atoms with Crippen LogP contribution in [-0.4, -0.2) is 26.2 Å². The highest BCUT2D eigenvalue weighted by Crippen LogP contribution is 2.13. The van der Waals surface area contributed by atoms with E-state index < -0.39 is 10.0 Å². The molecule has 1 rings (SSSR count). The second-order valence-corrected chi connectivity index (χ2v) is 6.02. The summed E-state index contributed by atoms with van der Waals surface area (Å²) in [5.74, 6) is 0. The molecule has 1 aromatic heterocycles. The van der Waals surface area contributed by atoms with Gasteiger partial charge in [-0.3, -0.25) is 0 Å². The summed E-state index contributed by atoms with van der Waals surface area (Å²) in [6.45, 7) is 2.50. The summed E-state index contributed by atoms with van der Waals surface area (Å²) in [7, 11) is -3.07. The van der Waals surface area contributed by atoms with Crippen molar-refractivity contribution in [2.24, 2.45) is 0 Å². The normalized spacial score (nSPS) is 11.9. The number of nitrogens with one attached hydrogen (secondary N) is 1. The van der Waals surface area contributed by atoms with Gasteiger partial charge in [0.15, 0.2) is 0 Å². The topological polar surface area (TPSA) is 59.1 Å². The summed E-state index contributed by atoms with van der Waals surface area (Å²) < 4.78 is 23.9. The average molecular weight is 234 g/mol. The van der Waals surface area contributed by atoms with Gasteiger partial charge in [0, 0.05) is 24.0 Å². The van der Waals surface area contributed by atoms with Crippen molar-refractivity contribution in [2.75, 3.05) is 12.8 Å². The number of sulfonamides is 1. The molecule has 1 N–H and O–H groups in total. The molecule has 0 radical (unpaired) electrons. The van der Waals surface area contributed by atoms with Crippen molar-refractivity contribution in [3.8, 4) is 0 Å². The first-order chi connectivity index (χ1) is 6.51. The molecule has 1 heterocycles. The van der Waals surface area contributed by atoms with Crippen molar-refractivity contribution in [3.63, 3.8) is 0 Å². The lowest BCUT2D eigenvalue weighted by molar-refractivity contribution is 0.588. The molecule has 0 bridgehead atoms. The maximum absolute atomic E-state index is 10.8. The minimum Gasteiger partial charge on any atom is -0.249 e. The van der Waals surface area contributed by atoms with E-state index in [9.17, 15) is 8.42 Å². The van der Waals surface area contributed by atoms with Crippen molar-refractivity contribution in [1.82, 2.24) is 9.71 Å². The molecule has 6 heteroatoms. The van der Waals surface area contributed by atoms with Gasteiger partial charge in [0.2, 0.25) is 10.0 Å². The molecular formula is C8H14N2O2S2. The number of hydrogen-bond donors (Lipinski definition) is 1. The van der Waals surface area contributed by atoms with E-state index >= 15 is 0 Å². The molecule has 0 unspecified atom stereocenters. The Morgan fingerprint density at radius 2 is 2.29 bits per heavy atom. The Morgan fingerprint density at radius 1 is 1.57 bits per heavy atom. The molecular weight excluding hydrogens is 220 g/mol. The minimum absolute atomic E-state index is 0.426. The Balaban J connectivity index is 2.39. The summed E-state index contributed by atoms with van der Waals surface area (Å²) in [6.07, 6.45) is 4.65. The highest BCUT2D eigenvalue weighted by atomic mass is 32.2. The van der Waals surface area contributed by atoms with E-state index in [1.807, 2.05) is 6.20 Å². The summed E-state index contributed by atoms with van der Waals surface area (Å²) in [5.41, 5.74) is 0. The smallest absolute Gasteiger partial charge is 0.208 e. The molecule has 0 aliphatic rings. The van der Waals surface area contributed by atoms with Gasteiger partial charge in [-0.05, 0) is 6.42 Å². The third-order valence-electron chi connectivity index (χ3n) is 1.65. The summed E-state index contributed by atoms with van der Waals surface area (Å²) in [6, 6.07) is 0. The quantitative estimate of drug-likeness (QED) is 0.819. The molecule has 0 saturated heterocycles.